The maximum atomic E-state index is 14.1. The van der Waals surface area contributed by atoms with Crippen LogP contribution in [0.1, 0.15) is 63.3 Å². The summed E-state index contributed by atoms with van der Waals surface area (Å²) in [6.07, 6.45) is 3.81. The summed E-state index contributed by atoms with van der Waals surface area (Å²) in [5, 5.41) is 0. The number of benzene rings is 1. The third-order valence-electron chi connectivity index (χ3n) is 4.23. The lowest BCUT2D eigenvalue weighted by molar-refractivity contribution is 0.0518. The number of aromatic nitrogens is 1. The van der Waals surface area contributed by atoms with Crippen molar-refractivity contribution >= 4 is 23.6 Å². The number of esters is 1. The number of carbonyl (C=O) groups is 3. The molecule has 2 heterocycles. The normalized spacial score (nSPS) is 13.8. The molecule has 1 aromatic carbocycles. The first-order valence-corrected chi connectivity index (χ1v) is 8.96. The Kier molecular flexibility index (Phi) is 5.98. The molecule has 0 aliphatic carbocycles. The predicted octanol–water partition coefficient (Wildman–Crippen LogP) is 3.63. The van der Waals surface area contributed by atoms with E-state index in [1.807, 2.05) is 0 Å². The van der Waals surface area contributed by atoms with Crippen molar-refractivity contribution in [3.05, 3.63) is 59.3 Å². The Morgan fingerprint density at radius 1 is 1.21 bits per heavy atom. The van der Waals surface area contributed by atoms with E-state index >= 15 is 0 Å². The number of oxazole rings is 1. The summed E-state index contributed by atoms with van der Waals surface area (Å²) < 4.78 is 23.8. The van der Waals surface area contributed by atoms with Crippen molar-refractivity contribution in [2.45, 2.75) is 26.2 Å². The molecule has 0 saturated heterocycles. The first-order chi connectivity index (χ1) is 13.5. The van der Waals surface area contributed by atoms with Crippen molar-refractivity contribution in [2.24, 2.45) is 0 Å². The highest BCUT2D eigenvalue weighted by Gasteiger charge is 2.34. The number of halogens is 1. The first kappa shape index (κ1) is 19.5. The Morgan fingerprint density at radius 2 is 1.89 bits per heavy atom. The van der Waals surface area contributed by atoms with Crippen LogP contribution in [0.15, 0.2) is 41.0 Å². The molecule has 0 bridgehead atoms. The van der Waals surface area contributed by atoms with Gasteiger partial charge in [-0.05, 0) is 44.4 Å². The van der Waals surface area contributed by atoms with Crippen LogP contribution in [-0.4, -0.2) is 40.8 Å². The van der Waals surface area contributed by atoms with E-state index in [1.165, 1.54) is 11.0 Å². The SMILES string of the molecule is CCOC(=O)c1coc(/C(F)=C\CCCCN2C(=O)c3ccccc3C2=O)n1. The van der Waals surface area contributed by atoms with Crippen molar-refractivity contribution in [1.82, 2.24) is 9.88 Å². The molecule has 7 nitrogen and oxygen atoms in total. The smallest absolute Gasteiger partial charge is 0.360 e. The summed E-state index contributed by atoms with van der Waals surface area (Å²) in [6, 6.07) is 6.71. The molecule has 2 amide bonds. The van der Waals surface area contributed by atoms with Gasteiger partial charge in [0.1, 0.15) is 6.26 Å². The monoisotopic (exact) mass is 386 g/mol. The minimum atomic E-state index is -0.684. The van der Waals surface area contributed by atoms with Gasteiger partial charge in [-0.3, -0.25) is 14.5 Å². The number of carbonyl (C=O) groups excluding carboxylic acids is 3. The number of ether oxygens (including phenoxy) is 1. The van der Waals surface area contributed by atoms with Crippen LogP contribution < -0.4 is 0 Å². The van der Waals surface area contributed by atoms with Gasteiger partial charge in [0.25, 0.3) is 17.7 Å². The molecule has 1 aliphatic rings. The van der Waals surface area contributed by atoms with E-state index in [-0.39, 0.29) is 36.6 Å². The van der Waals surface area contributed by atoms with Crippen LogP contribution in [0.25, 0.3) is 5.83 Å². The van der Waals surface area contributed by atoms with E-state index in [9.17, 15) is 18.8 Å². The summed E-state index contributed by atoms with van der Waals surface area (Å²) in [5.74, 6) is -2.24. The zero-order chi connectivity index (χ0) is 20.1. The lowest BCUT2D eigenvalue weighted by atomic mass is 10.1. The van der Waals surface area contributed by atoms with Crippen LogP contribution in [0.4, 0.5) is 4.39 Å². The van der Waals surface area contributed by atoms with Gasteiger partial charge in [-0.1, -0.05) is 12.1 Å². The molecule has 3 rings (SSSR count). The Labute approximate surface area is 160 Å². The Bertz CT molecular complexity index is 899. The molecule has 1 aromatic heterocycles. The maximum Gasteiger partial charge on any atom is 0.360 e. The standard InChI is InChI=1S/C20H19FN2O5/c1-2-27-20(26)16-12-28-17(22-16)15(21)10-4-3-7-11-23-18(24)13-8-5-6-9-14(13)19(23)25/h5-6,8-10,12H,2-4,7,11H2,1H3/b15-10+. The second-order valence-electron chi connectivity index (χ2n) is 6.11. The largest absolute Gasteiger partial charge is 0.461 e. The number of imide groups is 1. The minimum absolute atomic E-state index is 0.0916. The molecule has 2 aromatic rings. The van der Waals surface area contributed by atoms with Crippen LogP contribution in [0.5, 0.6) is 0 Å². The number of fused-ring (bicyclic) bond motifs is 1. The highest BCUT2D eigenvalue weighted by Crippen LogP contribution is 2.23. The number of unbranched alkanes of at least 4 members (excludes halogenated alkanes) is 2. The minimum Gasteiger partial charge on any atom is -0.461 e. The topological polar surface area (TPSA) is 89.7 Å². The average Bonchev–Trinajstić information content (AvgIpc) is 3.28. The number of rotatable bonds is 8. The van der Waals surface area contributed by atoms with Crippen molar-refractivity contribution in [2.75, 3.05) is 13.2 Å². The van der Waals surface area contributed by atoms with E-state index in [2.05, 4.69) is 4.98 Å². The molecule has 8 heteroatoms. The molecule has 1 aliphatic heterocycles. The van der Waals surface area contributed by atoms with E-state index in [1.54, 1.807) is 31.2 Å². The molecule has 28 heavy (non-hydrogen) atoms. The first-order valence-electron chi connectivity index (χ1n) is 8.96. The number of amides is 2. The second kappa shape index (κ2) is 8.60. The van der Waals surface area contributed by atoms with Gasteiger partial charge >= 0.3 is 5.97 Å². The average molecular weight is 386 g/mol. The Hall–Kier alpha value is -3.29. The zero-order valence-electron chi connectivity index (χ0n) is 15.3. The van der Waals surface area contributed by atoms with E-state index < -0.39 is 11.8 Å². The summed E-state index contributed by atoms with van der Waals surface area (Å²) in [5.41, 5.74) is 0.741. The van der Waals surface area contributed by atoms with Crippen LogP contribution in [0.2, 0.25) is 0 Å². The molecule has 0 saturated carbocycles. The number of allylic oxidation sites excluding steroid dienone is 1. The molecular weight excluding hydrogens is 367 g/mol. The lowest BCUT2D eigenvalue weighted by Gasteiger charge is -2.12. The van der Waals surface area contributed by atoms with Crippen LogP contribution in [0, 0.1) is 0 Å². The fourth-order valence-corrected chi connectivity index (χ4v) is 2.85. The molecule has 0 spiro atoms. The Morgan fingerprint density at radius 3 is 2.54 bits per heavy atom. The molecule has 146 valence electrons. The zero-order valence-corrected chi connectivity index (χ0v) is 15.3. The maximum absolute atomic E-state index is 14.1. The third-order valence-corrected chi connectivity index (χ3v) is 4.23. The van der Waals surface area contributed by atoms with Gasteiger partial charge < -0.3 is 9.15 Å². The predicted molar refractivity (Wildman–Crippen MR) is 97.2 cm³/mol. The van der Waals surface area contributed by atoms with Crippen LogP contribution in [0.3, 0.4) is 0 Å². The lowest BCUT2D eigenvalue weighted by Crippen LogP contribution is -2.30. The van der Waals surface area contributed by atoms with Crippen molar-refractivity contribution in [3.8, 4) is 0 Å². The summed E-state index contributed by atoms with van der Waals surface area (Å²) in [7, 11) is 0. The van der Waals surface area contributed by atoms with E-state index in [4.69, 9.17) is 9.15 Å². The molecule has 0 atom stereocenters. The summed E-state index contributed by atoms with van der Waals surface area (Å²) in [4.78, 5) is 40.9. The van der Waals surface area contributed by atoms with Crippen LogP contribution in [-0.2, 0) is 4.74 Å². The summed E-state index contributed by atoms with van der Waals surface area (Å²) >= 11 is 0. The van der Waals surface area contributed by atoms with Gasteiger partial charge in [0.15, 0.2) is 11.5 Å². The Balaban J connectivity index is 1.48. The molecule has 0 unspecified atom stereocenters. The fraction of sp³-hybridized carbons (Fsp3) is 0.300. The van der Waals surface area contributed by atoms with Crippen molar-refractivity contribution < 1.29 is 27.9 Å². The quantitative estimate of drug-likeness (QED) is 0.391. The van der Waals surface area contributed by atoms with Gasteiger partial charge in [-0.2, -0.15) is 0 Å². The summed E-state index contributed by atoms with van der Waals surface area (Å²) in [6.45, 7) is 2.11. The number of hydrogen-bond donors (Lipinski definition) is 0. The highest BCUT2D eigenvalue weighted by atomic mass is 19.1. The van der Waals surface area contributed by atoms with Gasteiger partial charge in [0.05, 0.1) is 17.7 Å². The highest BCUT2D eigenvalue weighted by molar-refractivity contribution is 6.21. The van der Waals surface area contributed by atoms with Gasteiger partial charge in [-0.25, -0.2) is 14.2 Å². The van der Waals surface area contributed by atoms with Gasteiger partial charge in [-0.15, -0.1) is 0 Å². The molecule has 0 radical (unpaired) electrons. The third kappa shape index (κ3) is 4.00. The van der Waals surface area contributed by atoms with Crippen LogP contribution >= 0.6 is 0 Å². The fourth-order valence-electron chi connectivity index (χ4n) is 2.85. The second-order valence-corrected chi connectivity index (χ2v) is 6.11. The molecule has 0 fully saturated rings. The van der Waals surface area contributed by atoms with E-state index in [0.717, 1.165) is 6.26 Å². The molecule has 0 N–H and O–H groups in total. The van der Waals surface area contributed by atoms with Gasteiger partial charge in [0, 0.05) is 6.54 Å². The van der Waals surface area contributed by atoms with Gasteiger partial charge in [0.2, 0.25) is 0 Å². The van der Waals surface area contributed by atoms with Crippen molar-refractivity contribution in [3.63, 3.8) is 0 Å². The van der Waals surface area contributed by atoms with E-state index in [0.29, 0.717) is 30.4 Å². The number of nitrogens with zero attached hydrogens (tertiary/aromatic N) is 2. The number of hydrogen-bond acceptors (Lipinski definition) is 6. The molecular formula is C20H19FN2O5. The van der Waals surface area contributed by atoms with Crippen molar-refractivity contribution in [1.29, 1.82) is 0 Å².